The Morgan fingerprint density at radius 1 is 1.43 bits per heavy atom. The molecule has 0 spiro atoms. The van der Waals surface area contributed by atoms with Gasteiger partial charge in [0.15, 0.2) is 9.84 Å². The van der Waals surface area contributed by atoms with Gasteiger partial charge in [-0.1, -0.05) is 0 Å². The summed E-state index contributed by atoms with van der Waals surface area (Å²) in [6, 6.07) is 1.26. The molecule has 1 unspecified atom stereocenters. The third-order valence-corrected chi connectivity index (χ3v) is 7.76. The molecular formula is C11H14BrFN2O4S2. The Labute approximate surface area is 131 Å². The van der Waals surface area contributed by atoms with E-state index in [1.54, 1.807) is 0 Å². The first-order chi connectivity index (χ1) is 9.54. The number of rotatable bonds is 2. The van der Waals surface area contributed by atoms with Gasteiger partial charge in [0.2, 0.25) is 10.0 Å². The van der Waals surface area contributed by atoms with Gasteiger partial charge in [0.05, 0.1) is 11.5 Å². The van der Waals surface area contributed by atoms with E-state index in [2.05, 4.69) is 15.9 Å². The Morgan fingerprint density at radius 3 is 2.62 bits per heavy atom. The van der Waals surface area contributed by atoms with E-state index in [1.165, 1.54) is 6.92 Å². The molecule has 1 atom stereocenters. The van der Waals surface area contributed by atoms with Crippen LogP contribution in [0.2, 0.25) is 0 Å². The highest BCUT2D eigenvalue weighted by atomic mass is 79.9. The third kappa shape index (κ3) is 3.22. The van der Waals surface area contributed by atoms with E-state index in [0.29, 0.717) is 0 Å². The smallest absolute Gasteiger partial charge is 0.246 e. The summed E-state index contributed by atoms with van der Waals surface area (Å²) in [5.74, 6) is -1.49. The first-order valence-corrected chi connectivity index (χ1v) is 10.1. The number of hydrogen-bond donors (Lipinski definition) is 1. The zero-order chi connectivity index (χ0) is 16.0. The molecule has 10 heteroatoms. The van der Waals surface area contributed by atoms with Crippen LogP contribution in [0.4, 0.5) is 10.1 Å². The molecule has 21 heavy (non-hydrogen) atoms. The van der Waals surface area contributed by atoms with Crippen molar-refractivity contribution in [2.75, 3.05) is 23.8 Å². The summed E-state index contributed by atoms with van der Waals surface area (Å²) in [5, 5.41) is 0. The summed E-state index contributed by atoms with van der Waals surface area (Å²) in [7, 11) is -7.40. The van der Waals surface area contributed by atoms with Crippen molar-refractivity contribution < 1.29 is 21.2 Å². The molecule has 118 valence electrons. The highest BCUT2D eigenvalue weighted by Crippen LogP contribution is 2.29. The zero-order valence-corrected chi connectivity index (χ0v) is 14.3. The summed E-state index contributed by atoms with van der Waals surface area (Å²) in [6.45, 7) is 1.29. The lowest BCUT2D eigenvalue weighted by molar-refractivity contribution is 0.355. The molecule has 1 aromatic rings. The van der Waals surface area contributed by atoms with Gasteiger partial charge >= 0.3 is 0 Å². The van der Waals surface area contributed by atoms with Crippen molar-refractivity contribution in [3.05, 3.63) is 22.4 Å². The van der Waals surface area contributed by atoms with Gasteiger partial charge in [-0.15, -0.1) is 0 Å². The molecule has 0 amide bonds. The minimum absolute atomic E-state index is 0.0901. The van der Waals surface area contributed by atoms with E-state index in [9.17, 15) is 21.2 Å². The van der Waals surface area contributed by atoms with Crippen LogP contribution in [0.25, 0.3) is 0 Å². The highest BCUT2D eigenvalue weighted by Gasteiger charge is 2.37. The molecule has 2 N–H and O–H groups in total. The summed E-state index contributed by atoms with van der Waals surface area (Å²) in [6.07, 6.45) is 0. The summed E-state index contributed by atoms with van der Waals surface area (Å²) < 4.78 is 63.3. The van der Waals surface area contributed by atoms with Gasteiger partial charge in [-0.25, -0.2) is 21.2 Å². The van der Waals surface area contributed by atoms with E-state index in [4.69, 9.17) is 5.73 Å². The molecule has 1 saturated heterocycles. The number of benzene rings is 1. The average molecular weight is 401 g/mol. The number of halogens is 2. The van der Waals surface area contributed by atoms with Gasteiger partial charge in [-0.3, -0.25) is 0 Å². The molecule has 0 aromatic heterocycles. The summed E-state index contributed by atoms with van der Waals surface area (Å²) >= 11 is 3.02. The van der Waals surface area contributed by atoms with Gasteiger partial charge in [0, 0.05) is 22.7 Å². The van der Waals surface area contributed by atoms with Crippen molar-refractivity contribution in [2.24, 2.45) is 0 Å². The summed E-state index contributed by atoms with van der Waals surface area (Å²) in [4.78, 5) is -0.547. The molecule has 1 aromatic carbocycles. The van der Waals surface area contributed by atoms with Gasteiger partial charge in [-0.2, -0.15) is 4.31 Å². The zero-order valence-electron chi connectivity index (χ0n) is 11.1. The molecule has 2 rings (SSSR count). The minimum Gasteiger partial charge on any atom is -0.398 e. The van der Waals surface area contributed by atoms with Crippen LogP contribution < -0.4 is 5.73 Å². The Kier molecular flexibility index (Phi) is 4.35. The van der Waals surface area contributed by atoms with Gasteiger partial charge in [-0.05, 0) is 35.0 Å². The van der Waals surface area contributed by atoms with Crippen LogP contribution in [0.5, 0.6) is 0 Å². The van der Waals surface area contributed by atoms with Crippen LogP contribution in [-0.2, 0) is 19.9 Å². The fraction of sp³-hybridized carbons (Fsp3) is 0.455. The standard InChI is InChI=1S/C11H14BrFN2O4S2/c1-7-6-20(16,17)3-2-15(7)21(18,19)11-5-10(14)8(12)4-9(11)13/h4-5,7H,2-3,6,14H2,1H3. The van der Waals surface area contributed by atoms with Crippen molar-refractivity contribution >= 4 is 41.5 Å². The number of hydrogen-bond acceptors (Lipinski definition) is 5. The Hall–Kier alpha value is -0.710. The molecule has 0 aliphatic carbocycles. The molecule has 0 bridgehead atoms. The molecule has 1 heterocycles. The van der Waals surface area contributed by atoms with Crippen molar-refractivity contribution in [3.63, 3.8) is 0 Å². The lowest BCUT2D eigenvalue weighted by atomic mass is 10.3. The number of nitrogens with zero attached hydrogens (tertiary/aromatic N) is 1. The normalized spacial score (nSPS) is 23.1. The molecule has 0 radical (unpaired) electrons. The van der Waals surface area contributed by atoms with Crippen LogP contribution in [0.3, 0.4) is 0 Å². The highest BCUT2D eigenvalue weighted by molar-refractivity contribution is 9.10. The van der Waals surface area contributed by atoms with Gasteiger partial charge in [0.1, 0.15) is 10.7 Å². The van der Waals surface area contributed by atoms with Crippen molar-refractivity contribution in [1.82, 2.24) is 4.31 Å². The van der Waals surface area contributed by atoms with Crippen molar-refractivity contribution in [3.8, 4) is 0 Å². The van der Waals surface area contributed by atoms with Gasteiger partial charge < -0.3 is 5.73 Å². The van der Waals surface area contributed by atoms with E-state index >= 15 is 0 Å². The predicted molar refractivity (Wildman–Crippen MR) is 80.5 cm³/mol. The SMILES string of the molecule is CC1CS(=O)(=O)CCN1S(=O)(=O)c1cc(N)c(Br)cc1F. The fourth-order valence-corrected chi connectivity index (χ4v) is 6.01. The fourth-order valence-electron chi connectivity index (χ4n) is 2.21. The van der Waals surface area contributed by atoms with Crippen LogP contribution >= 0.6 is 15.9 Å². The Bertz CT molecular complexity index is 780. The van der Waals surface area contributed by atoms with Crippen LogP contribution in [0, 0.1) is 5.82 Å². The van der Waals surface area contributed by atoms with E-state index < -0.39 is 36.6 Å². The topological polar surface area (TPSA) is 97.5 Å². The number of sulfonamides is 1. The second kappa shape index (κ2) is 5.49. The molecule has 1 aliphatic heterocycles. The lowest BCUT2D eigenvalue weighted by Crippen LogP contribution is -2.49. The Morgan fingerprint density at radius 2 is 2.05 bits per heavy atom. The largest absolute Gasteiger partial charge is 0.398 e. The first kappa shape index (κ1) is 16.7. The monoisotopic (exact) mass is 400 g/mol. The molecular weight excluding hydrogens is 387 g/mol. The van der Waals surface area contributed by atoms with Crippen LogP contribution in [0.1, 0.15) is 6.92 Å². The van der Waals surface area contributed by atoms with Crippen LogP contribution in [0.15, 0.2) is 21.5 Å². The number of sulfone groups is 1. The molecule has 1 aliphatic rings. The first-order valence-electron chi connectivity index (χ1n) is 6.01. The average Bonchev–Trinajstić information content (AvgIpc) is 2.31. The minimum atomic E-state index is -4.14. The molecule has 0 saturated carbocycles. The van der Waals surface area contributed by atoms with Crippen LogP contribution in [-0.4, -0.2) is 45.2 Å². The maximum absolute atomic E-state index is 14.0. The predicted octanol–water partition coefficient (Wildman–Crippen LogP) is 0.978. The van der Waals surface area contributed by atoms with Gasteiger partial charge in [0.25, 0.3) is 0 Å². The summed E-state index contributed by atoms with van der Waals surface area (Å²) in [5.41, 5.74) is 5.69. The maximum Gasteiger partial charge on any atom is 0.246 e. The Balaban J connectivity index is 2.46. The second-order valence-electron chi connectivity index (χ2n) is 4.88. The number of nitrogens with two attached hydrogens (primary N) is 1. The maximum atomic E-state index is 14.0. The molecule has 6 nitrogen and oxygen atoms in total. The number of nitrogen functional groups attached to an aromatic ring is 1. The van der Waals surface area contributed by atoms with E-state index in [-0.39, 0.29) is 28.2 Å². The van der Waals surface area contributed by atoms with Crippen molar-refractivity contribution in [1.29, 1.82) is 0 Å². The molecule has 1 fully saturated rings. The lowest BCUT2D eigenvalue weighted by Gasteiger charge is -2.32. The third-order valence-electron chi connectivity index (χ3n) is 3.25. The van der Waals surface area contributed by atoms with E-state index in [1.807, 2.05) is 0 Å². The van der Waals surface area contributed by atoms with E-state index in [0.717, 1.165) is 16.4 Å². The second-order valence-corrected chi connectivity index (χ2v) is 9.83. The van der Waals surface area contributed by atoms with Crippen molar-refractivity contribution in [2.45, 2.75) is 17.9 Å². The number of anilines is 1. The quantitative estimate of drug-likeness (QED) is 0.746.